The highest BCUT2D eigenvalue weighted by molar-refractivity contribution is 7.21. The van der Waals surface area contributed by atoms with Gasteiger partial charge in [-0.15, -0.1) is 11.3 Å². The highest BCUT2D eigenvalue weighted by Gasteiger charge is 2.16. The molecule has 3 aromatic rings. The van der Waals surface area contributed by atoms with Gasteiger partial charge < -0.3 is 10.2 Å². The lowest BCUT2D eigenvalue weighted by atomic mass is 10.1. The molecule has 134 valence electrons. The van der Waals surface area contributed by atoms with E-state index in [4.69, 9.17) is 0 Å². The van der Waals surface area contributed by atoms with Crippen molar-refractivity contribution in [2.24, 2.45) is 0 Å². The maximum absolute atomic E-state index is 12.6. The molecule has 1 amide bonds. The van der Waals surface area contributed by atoms with Crippen LogP contribution in [0, 0.1) is 6.92 Å². The third-order valence-corrected chi connectivity index (χ3v) is 6.56. The van der Waals surface area contributed by atoms with Crippen molar-refractivity contribution in [3.05, 3.63) is 70.1 Å². The van der Waals surface area contributed by atoms with E-state index in [9.17, 15) is 4.79 Å². The number of aryl methyl sites for hydroxylation is 1. The molecule has 4 heteroatoms. The number of thiophene rings is 1. The first-order valence-corrected chi connectivity index (χ1v) is 10.2. The predicted octanol–water partition coefficient (Wildman–Crippen LogP) is 3.32. The van der Waals surface area contributed by atoms with Crippen molar-refractivity contribution in [2.75, 3.05) is 13.1 Å². The predicted molar refractivity (Wildman–Crippen MR) is 108 cm³/mol. The Balaban J connectivity index is 1.38. The van der Waals surface area contributed by atoms with E-state index in [-0.39, 0.29) is 5.91 Å². The molecule has 0 aliphatic carbocycles. The van der Waals surface area contributed by atoms with Gasteiger partial charge in [0.1, 0.15) is 6.54 Å². The summed E-state index contributed by atoms with van der Waals surface area (Å²) in [6.07, 6.45) is 2.72. The van der Waals surface area contributed by atoms with Crippen LogP contribution in [-0.2, 0) is 13.1 Å². The van der Waals surface area contributed by atoms with Gasteiger partial charge in [0.15, 0.2) is 0 Å². The lowest BCUT2D eigenvalue weighted by molar-refractivity contribution is -0.901. The number of benzene rings is 2. The van der Waals surface area contributed by atoms with Gasteiger partial charge in [0.05, 0.1) is 18.0 Å². The number of likely N-dealkylation sites (tertiary alicyclic amines) is 1. The Morgan fingerprint density at radius 2 is 1.73 bits per heavy atom. The molecule has 26 heavy (non-hydrogen) atoms. The van der Waals surface area contributed by atoms with E-state index in [0.717, 1.165) is 22.5 Å². The van der Waals surface area contributed by atoms with E-state index in [1.54, 1.807) is 16.2 Å². The molecule has 1 aliphatic heterocycles. The summed E-state index contributed by atoms with van der Waals surface area (Å²) in [4.78, 5) is 15.1. The average Bonchev–Trinajstić information content (AvgIpc) is 3.29. The van der Waals surface area contributed by atoms with Crippen molar-refractivity contribution < 1.29 is 9.69 Å². The zero-order valence-corrected chi connectivity index (χ0v) is 16.0. The van der Waals surface area contributed by atoms with Crippen LogP contribution in [0.2, 0.25) is 0 Å². The molecule has 1 aliphatic rings. The Kier molecular flexibility index (Phi) is 5.05. The Morgan fingerprint density at radius 3 is 2.46 bits per heavy atom. The third-order valence-electron chi connectivity index (χ3n) is 5.29. The molecule has 1 aromatic heterocycles. The summed E-state index contributed by atoms with van der Waals surface area (Å²) < 4.78 is 1.17. The Labute approximate surface area is 158 Å². The summed E-state index contributed by atoms with van der Waals surface area (Å²) in [5, 5.41) is 4.25. The van der Waals surface area contributed by atoms with Crippen LogP contribution in [0.25, 0.3) is 10.1 Å². The fourth-order valence-corrected chi connectivity index (χ4v) is 4.89. The van der Waals surface area contributed by atoms with Crippen LogP contribution in [0.3, 0.4) is 0 Å². The first-order valence-electron chi connectivity index (χ1n) is 9.38. The summed E-state index contributed by atoms with van der Waals surface area (Å²) in [7, 11) is 0. The molecule has 0 saturated carbocycles. The van der Waals surface area contributed by atoms with E-state index in [1.807, 2.05) is 19.1 Å². The fourth-order valence-electron chi connectivity index (χ4n) is 3.77. The minimum absolute atomic E-state index is 0.0225. The molecule has 2 N–H and O–H groups in total. The van der Waals surface area contributed by atoms with Gasteiger partial charge in [0, 0.05) is 29.6 Å². The van der Waals surface area contributed by atoms with Crippen molar-refractivity contribution in [1.29, 1.82) is 0 Å². The molecule has 0 bridgehead atoms. The smallest absolute Gasteiger partial charge is 0.261 e. The number of rotatable bonds is 5. The minimum atomic E-state index is 0.0225. The Hall–Kier alpha value is -2.17. The highest BCUT2D eigenvalue weighted by atomic mass is 32.1. The SMILES string of the molecule is Cc1c(C(=O)NCc2ccc(C[NH+]3CCCC3)cc2)sc2ccccc12. The van der Waals surface area contributed by atoms with Gasteiger partial charge in [-0.2, -0.15) is 0 Å². The number of nitrogens with one attached hydrogen (secondary N) is 2. The van der Waals surface area contributed by atoms with Crippen molar-refractivity contribution in [2.45, 2.75) is 32.9 Å². The largest absolute Gasteiger partial charge is 0.347 e. The number of hydrogen-bond donors (Lipinski definition) is 2. The molecule has 4 rings (SSSR count). The van der Waals surface area contributed by atoms with Crippen LogP contribution >= 0.6 is 11.3 Å². The highest BCUT2D eigenvalue weighted by Crippen LogP contribution is 2.30. The molecule has 3 nitrogen and oxygen atoms in total. The lowest BCUT2D eigenvalue weighted by Gasteiger charge is -2.12. The summed E-state index contributed by atoms with van der Waals surface area (Å²) in [5.41, 5.74) is 3.61. The summed E-state index contributed by atoms with van der Waals surface area (Å²) >= 11 is 1.57. The van der Waals surface area contributed by atoms with Crippen LogP contribution < -0.4 is 10.2 Å². The molecule has 0 atom stereocenters. The summed E-state index contributed by atoms with van der Waals surface area (Å²) in [6, 6.07) is 16.9. The zero-order valence-electron chi connectivity index (χ0n) is 15.2. The van der Waals surface area contributed by atoms with Crippen LogP contribution in [0.5, 0.6) is 0 Å². The second kappa shape index (κ2) is 7.60. The van der Waals surface area contributed by atoms with Gasteiger partial charge in [0.2, 0.25) is 0 Å². The second-order valence-corrected chi connectivity index (χ2v) is 8.24. The molecule has 2 aromatic carbocycles. The molecule has 2 heterocycles. The molecule has 0 radical (unpaired) electrons. The van der Waals surface area contributed by atoms with Gasteiger partial charge in [-0.3, -0.25) is 4.79 Å². The van der Waals surface area contributed by atoms with Crippen LogP contribution in [0.4, 0.5) is 0 Å². The van der Waals surface area contributed by atoms with E-state index in [0.29, 0.717) is 6.54 Å². The summed E-state index contributed by atoms with van der Waals surface area (Å²) in [6.45, 7) is 6.32. The third kappa shape index (κ3) is 3.67. The maximum atomic E-state index is 12.6. The molecular weight excluding hydrogens is 340 g/mol. The standard InChI is InChI=1S/C22H24N2OS/c1-16-19-6-2-3-7-20(19)26-21(16)22(25)23-14-17-8-10-18(11-9-17)15-24-12-4-5-13-24/h2-3,6-11H,4-5,12-15H2,1H3,(H,23,25)/p+1. The zero-order chi connectivity index (χ0) is 17.9. The molecule has 0 unspecified atom stereocenters. The van der Waals surface area contributed by atoms with Gasteiger partial charge in [-0.05, 0) is 29.5 Å². The first-order chi connectivity index (χ1) is 12.7. The van der Waals surface area contributed by atoms with E-state index >= 15 is 0 Å². The van der Waals surface area contributed by atoms with Gasteiger partial charge >= 0.3 is 0 Å². The van der Waals surface area contributed by atoms with E-state index in [1.165, 1.54) is 41.6 Å². The van der Waals surface area contributed by atoms with E-state index < -0.39 is 0 Å². The van der Waals surface area contributed by atoms with Crippen molar-refractivity contribution >= 4 is 27.3 Å². The number of carbonyl (C=O) groups is 1. The van der Waals surface area contributed by atoms with Crippen molar-refractivity contribution in [3.63, 3.8) is 0 Å². The fraction of sp³-hybridized carbons (Fsp3) is 0.318. The van der Waals surface area contributed by atoms with Crippen LogP contribution in [0.15, 0.2) is 48.5 Å². The Bertz CT molecular complexity index is 908. The van der Waals surface area contributed by atoms with Gasteiger partial charge in [-0.1, -0.05) is 42.5 Å². The first kappa shape index (κ1) is 17.3. The molecule has 1 saturated heterocycles. The Morgan fingerprint density at radius 1 is 1.04 bits per heavy atom. The summed E-state index contributed by atoms with van der Waals surface area (Å²) in [5.74, 6) is 0.0225. The minimum Gasteiger partial charge on any atom is -0.347 e. The van der Waals surface area contributed by atoms with Gasteiger partial charge in [-0.25, -0.2) is 0 Å². The number of amides is 1. The monoisotopic (exact) mass is 365 g/mol. The van der Waals surface area contributed by atoms with Crippen molar-refractivity contribution in [3.8, 4) is 0 Å². The average molecular weight is 366 g/mol. The van der Waals surface area contributed by atoms with Gasteiger partial charge in [0.25, 0.3) is 5.91 Å². The number of carbonyl (C=O) groups excluding carboxylic acids is 1. The topological polar surface area (TPSA) is 33.5 Å². The molecular formula is C22H25N2OS+. The molecule has 1 fully saturated rings. The lowest BCUT2D eigenvalue weighted by Crippen LogP contribution is -3.08. The van der Waals surface area contributed by atoms with Crippen LogP contribution in [-0.4, -0.2) is 19.0 Å². The maximum Gasteiger partial charge on any atom is 0.261 e. The number of fused-ring (bicyclic) bond motifs is 1. The number of quaternary nitrogens is 1. The van der Waals surface area contributed by atoms with E-state index in [2.05, 4.69) is 41.7 Å². The van der Waals surface area contributed by atoms with Crippen molar-refractivity contribution in [1.82, 2.24) is 5.32 Å². The number of hydrogen-bond acceptors (Lipinski definition) is 2. The normalized spacial score (nSPS) is 14.8. The quantitative estimate of drug-likeness (QED) is 0.715. The van der Waals surface area contributed by atoms with Crippen LogP contribution in [0.1, 0.15) is 39.2 Å². The second-order valence-electron chi connectivity index (χ2n) is 7.19. The molecule has 0 spiro atoms.